The number of anilines is 1. The van der Waals surface area contributed by atoms with Gasteiger partial charge in [-0.1, -0.05) is 17.7 Å². The van der Waals surface area contributed by atoms with Crippen LogP contribution in [0.2, 0.25) is 5.02 Å². The van der Waals surface area contributed by atoms with Crippen LogP contribution in [0.1, 0.15) is 11.1 Å². The van der Waals surface area contributed by atoms with E-state index in [1.165, 1.54) is 11.0 Å². The predicted octanol–water partition coefficient (Wildman–Crippen LogP) is 1.22. The topological polar surface area (TPSA) is 78.5 Å². The van der Waals surface area contributed by atoms with Crippen molar-refractivity contribution in [2.24, 2.45) is 0 Å². The first-order valence-electron chi connectivity index (χ1n) is 6.29. The van der Waals surface area contributed by atoms with Gasteiger partial charge in [0.15, 0.2) is 0 Å². The monoisotopic (exact) mass is 305 g/mol. The van der Waals surface area contributed by atoms with Gasteiger partial charge in [-0.2, -0.15) is 0 Å². The first kappa shape index (κ1) is 13.6. The third-order valence-corrected chi connectivity index (χ3v) is 3.90. The summed E-state index contributed by atoms with van der Waals surface area (Å²) in [5, 5.41) is 4.96. The summed E-state index contributed by atoms with van der Waals surface area (Å²) < 4.78 is 0. The summed E-state index contributed by atoms with van der Waals surface area (Å²) in [6.45, 7) is 5.65. The smallest absolute Gasteiger partial charge is 0.312 e. The number of hydrogen-bond acceptors (Lipinski definition) is 3. The standard InChI is InChI=1S/C14H12ClN3O3/c1-3-4-18-10-7(2)5-8(15)6-9(10)14(12(18)20)11(19)16-13(21)17-14/h3,5-6H,1,4H2,2H3,(H2,16,17,19,21). The Morgan fingerprint density at radius 3 is 2.67 bits per heavy atom. The number of imide groups is 1. The molecule has 2 N–H and O–H groups in total. The minimum atomic E-state index is -1.73. The number of fused-ring (bicyclic) bond motifs is 2. The van der Waals surface area contributed by atoms with Gasteiger partial charge in [0.05, 0.1) is 5.69 Å². The molecule has 1 aromatic rings. The Morgan fingerprint density at radius 2 is 2.10 bits per heavy atom. The summed E-state index contributed by atoms with van der Waals surface area (Å²) in [4.78, 5) is 38.0. The molecule has 1 saturated heterocycles. The molecule has 2 heterocycles. The van der Waals surface area contributed by atoms with E-state index in [1.807, 2.05) is 0 Å². The van der Waals surface area contributed by atoms with Crippen molar-refractivity contribution < 1.29 is 14.4 Å². The van der Waals surface area contributed by atoms with Crippen molar-refractivity contribution in [3.63, 3.8) is 0 Å². The van der Waals surface area contributed by atoms with Crippen molar-refractivity contribution in [1.82, 2.24) is 10.6 Å². The lowest BCUT2D eigenvalue weighted by atomic mass is 9.90. The molecule has 1 unspecified atom stereocenters. The molecule has 0 bridgehead atoms. The molecular formula is C14H12ClN3O3. The van der Waals surface area contributed by atoms with E-state index in [-0.39, 0.29) is 6.54 Å². The van der Waals surface area contributed by atoms with Crippen molar-refractivity contribution in [1.29, 1.82) is 0 Å². The zero-order valence-electron chi connectivity index (χ0n) is 11.2. The summed E-state index contributed by atoms with van der Waals surface area (Å²) in [5.74, 6) is -1.20. The average Bonchev–Trinajstić information content (AvgIpc) is 2.81. The van der Waals surface area contributed by atoms with E-state index in [0.29, 0.717) is 16.3 Å². The number of urea groups is 1. The quantitative estimate of drug-likeness (QED) is 0.490. The van der Waals surface area contributed by atoms with Gasteiger partial charge in [-0.3, -0.25) is 14.9 Å². The molecule has 21 heavy (non-hydrogen) atoms. The van der Waals surface area contributed by atoms with E-state index in [4.69, 9.17) is 11.6 Å². The van der Waals surface area contributed by atoms with Crippen LogP contribution in [0.4, 0.5) is 10.5 Å². The van der Waals surface area contributed by atoms with Crippen molar-refractivity contribution in [3.05, 3.63) is 40.9 Å². The van der Waals surface area contributed by atoms with Gasteiger partial charge in [-0.15, -0.1) is 6.58 Å². The van der Waals surface area contributed by atoms with E-state index >= 15 is 0 Å². The van der Waals surface area contributed by atoms with Gasteiger partial charge in [0, 0.05) is 17.1 Å². The Labute approximate surface area is 125 Å². The number of halogens is 1. The highest BCUT2D eigenvalue weighted by atomic mass is 35.5. The zero-order chi connectivity index (χ0) is 15.4. The summed E-state index contributed by atoms with van der Waals surface area (Å²) in [6, 6.07) is 2.55. The molecule has 0 saturated carbocycles. The van der Waals surface area contributed by atoms with Crippen LogP contribution in [0.25, 0.3) is 0 Å². The molecule has 108 valence electrons. The molecule has 0 aliphatic carbocycles. The molecule has 7 heteroatoms. The molecule has 1 atom stereocenters. The van der Waals surface area contributed by atoms with Crippen molar-refractivity contribution in [2.75, 3.05) is 11.4 Å². The van der Waals surface area contributed by atoms with E-state index in [0.717, 1.165) is 5.56 Å². The van der Waals surface area contributed by atoms with E-state index in [2.05, 4.69) is 17.2 Å². The maximum Gasteiger partial charge on any atom is 0.323 e. The Hall–Kier alpha value is -2.34. The second kappa shape index (κ2) is 4.33. The minimum Gasteiger partial charge on any atom is -0.312 e. The predicted molar refractivity (Wildman–Crippen MR) is 77.1 cm³/mol. The van der Waals surface area contributed by atoms with Crippen LogP contribution in [0.15, 0.2) is 24.8 Å². The van der Waals surface area contributed by atoms with Crippen LogP contribution in [-0.4, -0.2) is 24.4 Å². The van der Waals surface area contributed by atoms with Gasteiger partial charge in [-0.25, -0.2) is 4.79 Å². The highest BCUT2D eigenvalue weighted by Crippen LogP contribution is 2.45. The molecular weight excluding hydrogens is 294 g/mol. The van der Waals surface area contributed by atoms with Crippen LogP contribution in [0.5, 0.6) is 0 Å². The van der Waals surface area contributed by atoms with E-state index in [1.54, 1.807) is 19.1 Å². The molecule has 4 amide bonds. The maximum absolute atomic E-state index is 12.8. The van der Waals surface area contributed by atoms with Crippen LogP contribution in [0, 0.1) is 6.92 Å². The van der Waals surface area contributed by atoms with Crippen molar-refractivity contribution in [2.45, 2.75) is 12.5 Å². The number of hydrogen-bond donors (Lipinski definition) is 2. The van der Waals surface area contributed by atoms with Gasteiger partial charge in [-0.05, 0) is 24.6 Å². The van der Waals surface area contributed by atoms with Gasteiger partial charge in [0.1, 0.15) is 0 Å². The number of nitrogens with zero attached hydrogens (tertiary/aromatic N) is 1. The number of amides is 4. The molecule has 1 fully saturated rings. The molecule has 2 aliphatic rings. The van der Waals surface area contributed by atoms with Crippen LogP contribution in [-0.2, 0) is 15.1 Å². The van der Waals surface area contributed by atoms with Crippen LogP contribution in [0.3, 0.4) is 0 Å². The van der Waals surface area contributed by atoms with Gasteiger partial charge in [0.2, 0.25) is 5.54 Å². The van der Waals surface area contributed by atoms with Gasteiger partial charge < -0.3 is 10.2 Å². The minimum absolute atomic E-state index is 0.235. The first-order chi connectivity index (χ1) is 9.91. The summed E-state index contributed by atoms with van der Waals surface area (Å²) in [6.07, 6.45) is 1.56. The van der Waals surface area contributed by atoms with Crippen LogP contribution < -0.4 is 15.5 Å². The van der Waals surface area contributed by atoms with Gasteiger partial charge >= 0.3 is 6.03 Å². The molecule has 0 radical (unpaired) electrons. The number of carbonyl (C=O) groups excluding carboxylic acids is 3. The SMILES string of the molecule is C=CCN1C(=O)C2(NC(=O)NC2=O)c2cc(Cl)cc(C)c21. The lowest BCUT2D eigenvalue weighted by Gasteiger charge is -2.20. The van der Waals surface area contributed by atoms with Crippen LogP contribution >= 0.6 is 11.6 Å². The second-order valence-electron chi connectivity index (χ2n) is 4.98. The number of aryl methyl sites for hydroxylation is 1. The number of carbonyl (C=O) groups is 3. The Kier molecular flexibility index (Phi) is 2.81. The summed E-state index contributed by atoms with van der Waals surface area (Å²) >= 11 is 6.05. The summed E-state index contributed by atoms with van der Waals surface area (Å²) in [7, 11) is 0. The number of benzene rings is 1. The third-order valence-electron chi connectivity index (χ3n) is 3.69. The molecule has 0 aromatic heterocycles. The Balaban J connectivity index is 2.31. The zero-order valence-corrected chi connectivity index (χ0v) is 12.0. The van der Waals surface area contributed by atoms with E-state index in [9.17, 15) is 14.4 Å². The Bertz CT molecular complexity index is 716. The molecule has 2 aliphatic heterocycles. The second-order valence-corrected chi connectivity index (χ2v) is 5.42. The normalized spacial score (nSPS) is 23.3. The Morgan fingerprint density at radius 1 is 1.38 bits per heavy atom. The average molecular weight is 306 g/mol. The van der Waals surface area contributed by atoms with Gasteiger partial charge in [0.25, 0.3) is 11.8 Å². The lowest BCUT2D eigenvalue weighted by molar-refractivity contribution is -0.133. The fourth-order valence-corrected chi connectivity index (χ4v) is 3.17. The van der Waals surface area contributed by atoms with Crippen molar-refractivity contribution >= 4 is 35.1 Å². The lowest BCUT2D eigenvalue weighted by Crippen LogP contribution is -2.52. The highest BCUT2D eigenvalue weighted by molar-refractivity contribution is 6.32. The first-order valence-corrected chi connectivity index (χ1v) is 6.66. The number of rotatable bonds is 2. The summed E-state index contributed by atoms with van der Waals surface area (Å²) in [5.41, 5.74) is -0.00618. The van der Waals surface area contributed by atoms with Crippen molar-refractivity contribution in [3.8, 4) is 0 Å². The fraction of sp³-hybridized carbons (Fsp3) is 0.214. The number of nitrogens with one attached hydrogen (secondary N) is 2. The molecule has 6 nitrogen and oxygen atoms in total. The maximum atomic E-state index is 12.8. The largest absolute Gasteiger partial charge is 0.323 e. The third kappa shape index (κ3) is 1.62. The molecule has 3 rings (SSSR count). The molecule has 1 aromatic carbocycles. The van der Waals surface area contributed by atoms with E-state index < -0.39 is 23.4 Å². The highest BCUT2D eigenvalue weighted by Gasteiger charge is 2.61. The molecule has 1 spiro atoms. The fourth-order valence-electron chi connectivity index (χ4n) is 2.90.